The quantitative estimate of drug-likeness (QED) is 0.229. The first-order valence-corrected chi connectivity index (χ1v) is 23.1. The van der Waals surface area contributed by atoms with Gasteiger partial charge in [0.05, 0.1) is 17.9 Å². The zero-order valence-electron chi connectivity index (χ0n) is 33.9. The molecule has 8 fully saturated rings. The minimum absolute atomic E-state index is 0.0764. The lowest BCUT2D eigenvalue weighted by atomic mass is 9.67. The fourth-order valence-electron chi connectivity index (χ4n) is 13.1. The number of hydrogen-bond acceptors (Lipinski definition) is 8. The van der Waals surface area contributed by atoms with Gasteiger partial charge in [0.1, 0.15) is 6.04 Å². The predicted molar refractivity (Wildman–Crippen MR) is 213 cm³/mol. The Morgan fingerprint density at radius 1 is 0.636 bits per heavy atom. The monoisotopic (exact) mass is 762 g/mol. The van der Waals surface area contributed by atoms with Crippen LogP contribution in [0, 0.1) is 35.5 Å². The number of piperazine rings is 1. The Morgan fingerprint density at radius 3 is 1.91 bits per heavy atom. The van der Waals surface area contributed by atoms with Gasteiger partial charge in [-0.15, -0.1) is 0 Å². The minimum atomic E-state index is -0.837. The van der Waals surface area contributed by atoms with Crippen LogP contribution in [0.3, 0.4) is 0 Å². The summed E-state index contributed by atoms with van der Waals surface area (Å²) in [5, 5.41) is 12.7. The highest BCUT2D eigenvalue weighted by atomic mass is 16.3. The number of nitrogens with one attached hydrogen (secondary N) is 1. The molecule has 306 valence electrons. The van der Waals surface area contributed by atoms with Crippen LogP contribution >= 0.6 is 0 Å². The Hall–Kier alpha value is -2.14. The van der Waals surface area contributed by atoms with Crippen LogP contribution in [0.2, 0.25) is 0 Å². The Labute approximate surface area is 330 Å². The number of amides is 4. The second-order valence-corrected chi connectivity index (χ2v) is 19.2. The van der Waals surface area contributed by atoms with Gasteiger partial charge in [-0.2, -0.15) is 0 Å². The predicted octanol–water partition coefficient (Wildman–Crippen LogP) is 5.67. The van der Waals surface area contributed by atoms with E-state index in [1.54, 1.807) is 0 Å². The number of hydrogen-bond donors (Lipinski definition) is 2. The highest BCUT2D eigenvalue weighted by Gasteiger charge is 2.54. The zero-order valence-corrected chi connectivity index (χ0v) is 33.9. The largest absolute Gasteiger partial charge is 0.393 e. The zero-order chi connectivity index (χ0) is 38.1. The fraction of sp³-hybridized carbons (Fsp3) is 0.867. The Balaban J connectivity index is 0.777. The van der Waals surface area contributed by atoms with E-state index in [4.69, 9.17) is 0 Å². The van der Waals surface area contributed by atoms with Crippen molar-refractivity contribution in [3.63, 3.8) is 0 Å². The molecule has 8 rings (SSSR count). The van der Waals surface area contributed by atoms with E-state index in [9.17, 15) is 24.3 Å². The molecule has 10 nitrogen and oxygen atoms in total. The van der Waals surface area contributed by atoms with Gasteiger partial charge in [0.15, 0.2) is 0 Å². The van der Waals surface area contributed by atoms with Gasteiger partial charge in [0, 0.05) is 51.2 Å². The van der Waals surface area contributed by atoms with Gasteiger partial charge in [-0.1, -0.05) is 37.3 Å². The minimum Gasteiger partial charge on any atom is -0.393 e. The lowest BCUT2D eigenvalue weighted by molar-refractivity contribution is -0.151. The van der Waals surface area contributed by atoms with Crippen LogP contribution < -0.4 is 5.32 Å². The molecule has 0 aromatic heterocycles. The first-order chi connectivity index (χ1) is 26.8. The maximum atomic E-state index is 13.5. The first kappa shape index (κ1) is 39.7. The molecule has 0 bridgehead atoms. The standard InChI is InChI=1S/C45H71N5O5/c1-2-37(31-6-4-3-5-7-31)42(33-10-15-36(51)16-11-33)32-8-12-34(13-9-32)48-22-20-30(21-23-48)29-47-24-26-49(27-25-47)35-14-17-38-39(28-35)45(55)50(44(38)54)40-18-19-41(52)46-43(40)53/h30-36,38-40,51H,2-29H2,1H3,(H,46,52,53)/b42-37+. The lowest BCUT2D eigenvalue weighted by Gasteiger charge is -2.45. The molecule has 4 unspecified atom stereocenters. The number of carbonyl (C=O) groups is 4. The van der Waals surface area contributed by atoms with Crippen molar-refractivity contribution in [2.75, 3.05) is 45.8 Å². The molecule has 2 N–H and O–H groups in total. The molecule has 0 radical (unpaired) electrons. The third-order valence-electron chi connectivity index (χ3n) is 16.2. The molecule has 55 heavy (non-hydrogen) atoms. The Kier molecular flexibility index (Phi) is 12.8. The third kappa shape index (κ3) is 8.68. The number of carbonyl (C=O) groups excluding carboxylic acids is 4. The van der Waals surface area contributed by atoms with E-state index in [0.29, 0.717) is 18.9 Å². The number of aliphatic hydroxyl groups excluding tert-OH is 1. The molecule has 4 saturated heterocycles. The number of piperidine rings is 2. The summed E-state index contributed by atoms with van der Waals surface area (Å²) in [6, 6.07) is 0.224. The van der Waals surface area contributed by atoms with Crippen LogP contribution in [0.1, 0.15) is 142 Å². The molecule has 0 spiro atoms. The third-order valence-corrected chi connectivity index (χ3v) is 16.2. The molecule has 0 aromatic rings. The average molecular weight is 762 g/mol. The fourth-order valence-corrected chi connectivity index (χ4v) is 13.1. The smallest absolute Gasteiger partial charge is 0.249 e. The van der Waals surface area contributed by atoms with E-state index in [1.165, 1.54) is 114 Å². The lowest BCUT2D eigenvalue weighted by Crippen LogP contribution is -2.54. The summed E-state index contributed by atoms with van der Waals surface area (Å²) in [4.78, 5) is 60.3. The summed E-state index contributed by atoms with van der Waals surface area (Å²) in [5.74, 6) is 1.19. The summed E-state index contributed by atoms with van der Waals surface area (Å²) < 4.78 is 0. The van der Waals surface area contributed by atoms with Crippen molar-refractivity contribution in [2.24, 2.45) is 35.5 Å². The highest BCUT2D eigenvalue weighted by molar-refractivity contribution is 6.10. The SMILES string of the molecule is CC/C(=C(\C1CCC(O)CC1)C1CCC(N2CCC(CN3CCN(C4CCC5C(=O)N(C6CCC(=O)NC6=O)C(=O)C5C4)CC3)CC2)CC1)C1CCCCC1. The summed E-state index contributed by atoms with van der Waals surface area (Å²) in [5.41, 5.74) is 3.75. The molecular formula is C45H71N5O5. The first-order valence-electron chi connectivity index (χ1n) is 23.1. The summed E-state index contributed by atoms with van der Waals surface area (Å²) in [6.07, 6.45) is 23.4. The van der Waals surface area contributed by atoms with Gasteiger partial charge in [0.25, 0.3) is 0 Å². The van der Waals surface area contributed by atoms with Crippen molar-refractivity contribution in [2.45, 2.75) is 166 Å². The van der Waals surface area contributed by atoms with Crippen LogP contribution in [0.5, 0.6) is 0 Å². The van der Waals surface area contributed by atoms with Crippen LogP contribution in [-0.4, -0.2) is 118 Å². The van der Waals surface area contributed by atoms with Gasteiger partial charge in [-0.05, 0) is 146 Å². The van der Waals surface area contributed by atoms with E-state index in [2.05, 4.69) is 26.9 Å². The van der Waals surface area contributed by atoms with Crippen LogP contribution in [0.15, 0.2) is 11.1 Å². The number of rotatable bonds is 9. The highest BCUT2D eigenvalue weighted by Crippen LogP contribution is 2.47. The van der Waals surface area contributed by atoms with E-state index in [0.717, 1.165) is 75.2 Å². The van der Waals surface area contributed by atoms with Gasteiger partial charge in [-0.3, -0.25) is 34.3 Å². The van der Waals surface area contributed by atoms with Crippen molar-refractivity contribution in [3.05, 3.63) is 11.1 Å². The molecule has 4 aliphatic carbocycles. The molecule has 4 saturated carbocycles. The van der Waals surface area contributed by atoms with E-state index < -0.39 is 11.9 Å². The van der Waals surface area contributed by atoms with E-state index in [-0.39, 0.29) is 48.5 Å². The number of allylic oxidation sites excluding steroid dienone is 2. The van der Waals surface area contributed by atoms with Gasteiger partial charge >= 0.3 is 0 Å². The summed E-state index contributed by atoms with van der Waals surface area (Å²) >= 11 is 0. The number of imide groups is 2. The molecule has 0 aromatic carbocycles. The summed E-state index contributed by atoms with van der Waals surface area (Å²) in [7, 11) is 0. The Bertz CT molecular complexity index is 1410. The van der Waals surface area contributed by atoms with Gasteiger partial charge in [-0.25, -0.2) is 0 Å². The van der Waals surface area contributed by atoms with Crippen LogP contribution in [0.4, 0.5) is 0 Å². The molecular weight excluding hydrogens is 691 g/mol. The molecule has 8 aliphatic rings. The number of nitrogens with zero attached hydrogens (tertiary/aromatic N) is 4. The Morgan fingerprint density at radius 2 is 1.25 bits per heavy atom. The normalized spacial score (nSPS) is 37.5. The van der Waals surface area contributed by atoms with Crippen molar-refractivity contribution >= 4 is 23.6 Å². The summed E-state index contributed by atoms with van der Waals surface area (Å²) in [6.45, 7) is 10.3. The van der Waals surface area contributed by atoms with Gasteiger partial charge < -0.3 is 14.9 Å². The second kappa shape index (κ2) is 17.8. The maximum absolute atomic E-state index is 13.5. The van der Waals surface area contributed by atoms with Crippen molar-refractivity contribution in [3.8, 4) is 0 Å². The maximum Gasteiger partial charge on any atom is 0.249 e. The topological polar surface area (TPSA) is 114 Å². The van der Waals surface area contributed by atoms with E-state index >= 15 is 0 Å². The number of fused-ring (bicyclic) bond motifs is 1. The number of likely N-dealkylation sites (tertiary alicyclic amines) is 2. The van der Waals surface area contributed by atoms with E-state index in [1.807, 2.05) is 11.1 Å². The van der Waals surface area contributed by atoms with Crippen molar-refractivity contribution < 1.29 is 24.3 Å². The number of aliphatic hydroxyl groups is 1. The van der Waals surface area contributed by atoms with Crippen LogP contribution in [-0.2, 0) is 19.2 Å². The molecule has 4 heterocycles. The van der Waals surface area contributed by atoms with Gasteiger partial charge in [0.2, 0.25) is 23.6 Å². The molecule has 4 amide bonds. The van der Waals surface area contributed by atoms with Crippen molar-refractivity contribution in [1.29, 1.82) is 0 Å². The second-order valence-electron chi connectivity index (χ2n) is 19.2. The van der Waals surface area contributed by atoms with Crippen LogP contribution in [0.25, 0.3) is 0 Å². The molecule has 10 heteroatoms. The average Bonchev–Trinajstić information content (AvgIpc) is 3.46. The van der Waals surface area contributed by atoms with Crippen molar-refractivity contribution in [1.82, 2.24) is 24.9 Å². The molecule has 4 atom stereocenters. The molecule has 4 aliphatic heterocycles.